The number of carboxylic acid groups (broad SMARTS) is 1. The average molecular weight is 410 g/mol. The fourth-order valence-corrected chi connectivity index (χ4v) is 3.81. The molecule has 0 unspecified atom stereocenters. The van der Waals surface area contributed by atoms with Gasteiger partial charge >= 0.3 is 11.9 Å². The van der Waals surface area contributed by atoms with Crippen LogP contribution in [0.3, 0.4) is 0 Å². The third-order valence-corrected chi connectivity index (χ3v) is 5.12. The van der Waals surface area contributed by atoms with Crippen LogP contribution in [-0.2, 0) is 20.9 Å². The first-order valence-corrected chi connectivity index (χ1v) is 10.7. The molecule has 0 bridgehead atoms. The molecule has 0 aromatic carbocycles. The molecular weight excluding hydrogens is 374 g/mol. The highest BCUT2D eigenvalue weighted by atomic mass is 16.6. The van der Waals surface area contributed by atoms with Crippen LogP contribution >= 0.6 is 0 Å². The quantitative estimate of drug-likeness (QED) is 0.530. The molecule has 8 nitrogen and oxygen atoms in total. The van der Waals surface area contributed by atoms with Crippen LogP contribution in [0.1, 0.15) is 96.2 Å². The number of aliphatic carboxylic acids is 1. The summed E-state index contributed by atoms with van der Waals surface area (Å²) < 4.78 is 10.9. The first-order chi connectivity index (χ1) is 13.7. The van der Waals surface area contributed by atoms with Crippen molar-refractivity contribution in [2.45, 2.75) is 96.6 Å². The molecule has 8 heteroatoms. The number of carbonyl (C=O) groups excluding carboxylic acids is 1. The molecule has 1 heterocycles. The van der Waals surface area contributed by atoms with Crippen molar-refractivity contribution in [3.63, 3.8) is 0 Å². The molecule has 1 aliphatic rings. The number of carbonyl (C=O) groups is 2. The lowest BCUT2D eigenvalue weighted by molar-refractivity contribution is -0.155. The molecular formula is C21H35N3O5. The fraction of sp³-hybridized carbons (Fsp3) is 0.810. The van der Waals surface area contributed by atoms with Crippen LogP contribution in [0.25, 0.3) is 0 Å². The maximum absolute atomic E-state index is 12.4. The van der Waals surface area contributed by atoms with Crippen LogP contribution in [0.2, 0.25) is 0 Å². The van der Waals surface area contributed by atoms with Gasteiger partial charge in [0.25, 0.3) is 0 Å². The van der Waals surface area contributed by atoms with Crippen molar-refractivity contribution in [1.82, 2.24) is 15.5 Å². The monoisotopic (exact) mass is 409 g/mol. The van der Waals surface area contributed by atoms with Crippen molar-refractivity contribution in [3.05, 3.63) is 11.7 Å². The van der Waals surface area contributed by atoms with Crippen LogP contribution in [0.15, 0.2) is 4.52 Å². The molecule has 2 rings (SSSR count). The summed E-state index contributed by atoms with van der Waals surface area (Å²) in [5.41, 5.74) is -0.537. The zero-order valence-corrected chi connectivity index (χ0v) is 17.9. The molecule has 0 amide bonds. The lowest BCUT2D eigenvalue weighted by atomic mass is 9.84. The summed E-state index contributed by atoms with van der Waals surface area (Å²) in [7, 11) is 0. The Morgan fingerprint density at radius 1 is 1.28 bits per heavy atom. The number of carboxylic acids is 1. The Labute approximate surface area is 172 Å². The van der Waals surface area contributed by atoms with Crippen molar-refractivity contribution < 1.29 is 24.0 Å². The molecule has 1 fully saturated rings. The molecule has 1 atom stereocenters. The Kier molecular flexibility index (Phi) is 9.07. The van der Waals surface area contributed by atoms with E-state index in [0.717, 1.165) is 25.2 Å². The van der Waals surface area contributed by atoms with Crippen LogP contribution in [-0.4, -0.2) is 39.3 Å². The first kappa shape index (κ1) is 23.3. The summed E-state index contributed by atoms with van der Waals surface area (Å²) in [6.07, 6.45) is 9.75. The topological polar surface area (TPSA) is 115 Å². The molecule has 0 aliphatic heterocycles. The Balaban J connectivity index is 1.94. The number of hydrogen-bond acceptors (Lipinski definition) is 7. The number of nitrogens with zero attached hydrogens (tertiary/aromatic N) is 2. The SMILES string of the molecule is CC(C)(C)OC(=O)C[C@@H](CCCC1CCCCC1)c1nc(CNCC(=O)O)no1. The first-order valence-electron chi connectivity index (χ1n) is 10.7. The molecule has 1 aromatic heterocycles. The number of hydrogen-bond donors (Lipinski definition) is 2. The molecule has 1 aromatic rings. The van der Waals surface area contributed by atoms with Crippen molar-refractivity contribution in [2.75, 3.05) is 6.54 Å². The van der Waals surface area contributed by atoms with Gasteiger partial charge in [0.1, 0.15) is 5.60 Å². The highest BCUT2D eigenvalue weighted by Gasteiger charge is 2.26. The Bertz CT molecular complexity index is 647. The van der Waals surface area contributed by atoms with Gasteiger partial charge in [0.2, 0.25) is 5.89 Å². The normalized spacial score (nSPS) is 16.5. The summed E-state index contributed by atoms with van der Waals surface area (Å²) in [6.45, 7) is 5.58. The minimum Gasteiger partial charge on any atom is -0.480 e. The van der Waals surface area contributed by atoms with E-state index in [4.69, 9.17) is 14.4 Å². The number of aromatic nitrogens is 2. The van der Waals surface area contributed by atoms with E-state index in [1.165, 1.54) is 32.1 Å². The van der Waals surface area contributed by atoms with E-state index in [0.29, 0.717) is 11.7 Å². The maximum Gasteiger partial charge on any atom is 0.317 e. The average Bonchev–Trinajstić information content (AvgIpc) is 3.09. The Morgan fingerprint density at radius 3 is 2.66 bits per heavy atom. The fourth-order valence-electron chi connectivity index (χ4n) is 3.81. The van der Waals surface area contributed by atoms with Gasteiger partial charge in [-0.3, -0.25) is 14.9 Å². The van der Waals surface area contributed by atoms with E-state index >= 15 is 0 Å². The van der Waals surface area contributed by atoms with Gasteiger partial charge in [-0.1, -0.05) is 50.1 Å². The van der Waals surface area contributed by atoms with Gasteiger partial charge in [-0.2, -0.15) is 4.98 Å². The molecule has 1 saturated carbocycles. The number of ether oxygens (including phenoxy) is 1. The summed E-state index contributed by atoms with van der Waals surface area (Å²) >= 11 is 0. The molecule has 0 radical (unpaired) electrons. The molecule has 164 valence electrons. The van der Waals surface area contributed by atoms with E-state index in [9.17, 15) is 9.59 Å². The second-order valence-corrected chi connectivity index (χ2v) is 8.97. The van der Waals surface area contributed by atoms with Crippen molar-refractivity contribution in [2.24, 2.45) is 5.92 Å². The molecule has 0 spiro atoms. The van der Waals surface area contributed by atoms with Gasteiger partial charge in [-0.15, -0.1) is 0 Å². The van der Waals surface area contributed by atoms with E-state index < -0.39 is 11.6 Å². The summed E-state index contributed by atoms with van der Waals surface area (Å²) in [4.78, 5) is 27.4. The van der Waals surface area contributed by atoms with Gasteiger partial charge in [0.15, 0.2) is 5.82 Å². The summed E-state index contributed by atoms with van der Waals surface area (Å²) in [6, 6.07) is 0. The van der Waals surface area contributed by atoms with E-state index in [1.807, 2.05) is 20.8 Å². The minimum atomic E-state index is -0.945. The van der Waals surface area contributed by atoms with Crippen LogP contribution in [0, 0.1) is 5.92 Å². The van der Waals surface area contributed by atoms with Gasteiger partial charge in [0, 0.05) is 5.92 Å². The highest BCUT2D eigenvalue weighted by molar-refractivity contribution is 5.70. The predicted octanol–water partition coefficient (Wildman–Crippen LogP) is 3.81. The smallest absolute Gasteiger partial charge is 0.317 e. The summed E-state index contributed by atoms with van der Waals surface area (Å²) in [5, 5.41) is 15.4. The molecule has 29 heavy (non-hydrogen) atoms. The molecule has 0 saturated heterocycles. The predicted molar refractivity (Wildman–Crippen MR) is 107 cm³/mol. The van der Waals surface area contributed by atoms with E-state index in [2.05, 4.69) is 15.5 Å². The van der Waals surface area contributed by atoms with Gasteiger partial charge in [0.05, 0.1) is 19.5 Å². The van der Waals surface area contributed by atoms with E-state index in [-0.39, 0.29) is 31.4 Å². The second kappa shape index (κ2) is 11.3. The van der Waals surface area contributed by atoms with Gasteiger partial charge in [-0.25, -0.2) is 0 Å². The number of esters is 1. The van der Waals surface area contributed by atoms with Crippen LogP contribution < -0.4 is 5.32 Å². The standard InChI is InChI=1S/C21H35N3O5/c1-21(2,3)28-19(27)12-16(11-7-10-15-8-5-4-6-9-15)20-23-17(24-29-20)13-22-14-18(25)26/h15-16,22H,4-14H2,1-3H3,(H,25,26)/t16-/m1/s1. The zero-order chi connectivity index (χ0) is 21.3. The van der Waals surface area contributed by atoms with E-state index in [1.54, 1.807) is 0 Å². The second-order valence-electron chi connectivity index (χ2n) is 8.97. The van der Waals surface area contributed by atoms with Gasteiger partial charge in [-0.05, 0) is 33.1 Å². The zero-order valence-electron chi connectivity index (χ0n) is 17.9. The Morgan fingerprint density at radius 2 is 2.00 bits per heavy atom. The largest absolute Gasteiger partial charge is 0.480 e. The lowest BCUT2D eigenvalue weighted by Crippen LogP contribution is -2.25. The maximum atomic E-state index is 12.4. The Hall–Kier alpha value is -1.96. The number of nitrogens with one attached hydrogen (secondary N) is 1. The third-order valence-electron chi connectivity index (χ3n) is 5.12. The van der Waals surface area contributed by atoms with Gasteiger partial charge < -0.3 is 14.4 Å². The minimum absolute atomic E-state index is 0.174. The van der Waals surface area contributed by atoms with Crippen molar-refractivity contribution >= 4 is 11.9 Å². The summed E-state index contributed by atoms with van der Waals surface area (Å²) in [5.74, 6) is 0.191. The highest BCUT2D eigenvalue weighted by Crippen LogP contribution is 2.31. The van der Waals surface area contributed by atoms with Crippen LogP contribution in [0.5, 0.6) is 0 Å². The third kappa shape index (κ3) is 9.39. The molecule has 2 N–H and O–H groups in total. The number of rotatable bonds is 11. The van der Waals surface area contributed by atoms with Crippen molar-refractivity contribution in [3.8, 4) is 0 Å². The van der Waals surface area contributed by atoms with Crippen LogP contribution in [0.4, 0.5) is 0 Å². The van der Waals surface area contributed by atoms with Crippen molar-refractivity contribution in [1.29, 1.82) is 0 Å². The lowest BCUT2D eigenvalue weighted by Gasteiger charge is -2.23. The molecule has 1 aliphatic carbocycles.